The van der Waals surface area contributed by atoms with Gasteiger partial charge in [-0.2, -0.15) is 0 Å². The van der Waals surface area contributed by atoms with Crippen molar-refractivity contribution >= 4 is 5.97 Å². The average Bonchev–Trinajstić information content (AvgIpc) is 3.01. The van der Waals surface area contributed by atoms with Crippen LogP contribution in [0.3, 0.4) is 0 Å². The molecule has 2 rings (SSSR count). The molecule has 0 aromatic rings. The van der Waals surface area contributed by atoms with Crippen LogP contribution in [0.15, 0.2) is 71.6 Å². The van der Waals surface area contributed by atoms with Crippen LogP contribution in [-0.4, -0.2) is 83.0 Å². The number of allylic oxidation sites excluding steroid dienone is 8. The highest BCUT2D eigenvalue weighted by Gasteiger charge is 2.50. The van der Waals surface area contributed by atoms with Gasteiger partial charge in [0.05, 0.1) is 31.5 Å². The van der Waals surface area contributed by atoms with Crippen LogP contribution < -0.4 is 0 Å². The minimum absolute atomic E-state index is 0.0115. The van der Waals surface area contributed by atoms with Gasteiger partial charge in [0.2, 0.25) is 5.76 Å². The summed E-state index contributed by atoms with van der Waals surface area (Å²) >= 11 is 0. The Balaban J connectivity index is 2.51. The smallest absolute Gasteiger partial charge is 0.373 e. The maximum Gasteiger partial charge on any atom is 0.373 e. The second-order valence-electron chi connectivity index (χ2n) is 13.2. The summed E-state index contributed by atoms with van der Waals surface area (Å²) in [5, 5.41) is 45.2. The molecule has 9 nitrogen and oxygen atoms in total. The molecule has 2 heterocycles. The number of carbonyl (C=O) groups excluding carboxylic acids is 1. The monoisotopic (exact) mass is 646 g/mol. The summed E-state index contributed by atoms with van der Waals surface area (Å²) in [6, 6.07) is 0. The third-order valence-corrected chi connectivity index (χ3v) is 9.44. The van der Waals surface area contributed by atoms with Crippen molar-refractivity contribution in [2.45, 2.75) is 111 Å². The van der Waals surface area contributed by atoms with E-state index in [4.69, 9.17) is 18.9 Å². The molecule has 4 N–H and O–H groups in total. The third kappa shape index (κ3) is 10.5. The molecule has 0 bridgehead atoms. The standard InChI is InChI=1S/C37H58O9/c1-11-12-13-16-30-26(6)29(38)21-37(42,46-30)28(8)34(40)27(7)35-31(43-9)17-14-15-22(2)18-24(4)33(39)25(5)19-23(3)20-32(44-10)36(41)45-35/h11-17,19-20,24-31,33-35,38-40,42H,18,21H2,1-10H3. The first-order valence-electron chi connectivity index (χ1n) is 16.4. The van der Waals surface area contributed by atoms with E-state index in [9.17, 15) is 25.2 Å². The number of rotatable bonds is 8. The Morgan fingerprint density at radius 1 is 1.11 bits per heavy atom. The van der Waals surface area contributed by atoms with E-state index < -0.39 is 60.2 Å². The molecule has 2 aliphatic heterocycles. The topological polar surface area (TPSA) is 135 Å². The predicted octanol–water partition coefficient (Wildman–Crippen LogP) is 5.17. The number of aliphatic hydroxyl groups is 4. The van der Waals surface area contributed by atoms with Crippen LogP contribution in [0.4, 0.5) is 0 Å². The molecule has 12 atom stereocenters. The van der Waals surface area contributed by atoms with Crippen LogP contribution in [0.1, 0.15) is 68.2 Å². The van der Waals surface area contributed by atoms with Crippen LogP contribution in [0.2, 0.25) is 0 Å². The Hall–Kier alpha value is -2.53. The average molecular weight is 647 g/mol. The fraction of sp³-hybridized carbons (Fsp3) is 0.649. The molecule has 0 aromatic carbocycles. The number of methoxy groups -OCH3 is 2. The third-order valence-electron chi connectivity index (χ3n) is 9.44. The first-order valence-corrected chi connectivity index (χ1v) is 16.4. The normalized spacial score (nSPS) is 36.0. The van der Waals surface area contributed by atoms with E-state index in [0.29, 0.717) is 6.42 Å². The fourth-order valence-electron chi connectivity index (χ4n) is 6.30. The van der Waals surface area contributed by atoms with Gasteiger partial charge in [-0.05, 0) is 39.2 Å². The number of hydrogen-bond acceptors (Lipinski definition) is 9. The summed E-state index contributed by atoms with van der Waals surface area (Å²) in [6.07, 6.45) is 11.8. The number of hydrogen-bond donors (Lipinski definition) is 4. The van der Waals surface area contributed by atoms with Gasteiger partial charge >= 0.3 is 5.97 Å². The molecule has 9 heteroatoms. The highest BCUT2D eigenvalue weighted by molar-refractivity contribution is 5.87. The van der Waals surface area contributed by atoms with Gasteiger partial charge in [0.15, 0.2) is 5.79 Å². The molecule has 0 radical (unpaired) electrons. The molecule has 1 fully saturated rings. The molecular weight excluding hydrogens is 588 g/mol. The molecule has 0 aromatic heterocycles. The van der Waals surface area contributed by atoms with E-state index in [0.717, 1.165) is 11.1 Å². The molecule has 12 unspecified atom stereocenters. The maximum atomic E-state index is 13.5. The second-order valence-corrected chi connectivity index (χ2v) is 13.2. The Kier molecular flexibility index (Phi) is 15.6. The summed E-state index contributed by atoms with van der Waals surface area (Å²) in [4.78, 5) is 13.5. The quantitative estimate of drug-likeness (QED) is 0.208. The molecular formula is C37H58O9. The van der Waals surface area contributed by atoms with Gasteiger partial charge in [-0.15, -0.1) is 0 Å². The van der Waals surface area contributed by atoms with E-state index in [1.165, 1.54) is 14.2 Å². The second kappa shape index (κ2) is 18.1. The van der Waals surface area contributed by atoms with Crippen molar-refractivity contribution in [1.29, 1.82) is 0 Å². The van der Waals surface area contributed by atoms with Gasteiger partial charge in [0.1, 0.15) is 12.2 Å². The Morgan fingerprint density at radius 3 is 2.39 bits per heavy atom. The number of aliphatic hydroxyl groups excluding tert-OH is 3. The first-order chi connectivity index (χ1) is 21.6. The fourth-order valence-corrected chi connectivity index (χ4v) is 6.30. The molecule has 0 aliphatic carbocycles. The van der Waals surface area contributed by atoms with Crippen molar-refractivity contribution in [2.75, 3.05) is 14.2 Å². The van der Waals surface area contributed by atoms with Gasteiger partial charge in [0.25, 0.3) is 0 Å². The van der Waals surface area contributed by atoms with Gasteiger partial charge < -0.3 is 39.4 Å². The van der Waals surface area contributed by atoms with Crippen molar-refractivity contribution in [3.8, 4) is 0 Å². The summed E-state index contributed by atoms with van der Waals surface area (Å²) in [5.41, 5.74) is 1.77. The molecule has 1 saturated heterocycles. The Bertz CT molecular complexity index is 1170. The van der Waals surface area contributed by atoms with Crippen molar-refractivity contribution in [2.24, 2.45) is 29.6 Å². The number of carbonyl (C=O) groups is 1. The number of cyclic esters (lactones) is 1. The van der Waals surface area contributed by atoms with Crippen LogP contribution >= 0.6 is 0 Å². The lowest BCUT2D eigenvalue weighted by Gasteiger charge is -2.47. The number of esters is 1. The van der Waals surface area contributed by atoms with E-state index in [1.807, 2.05) is 71.9 Å². The van der Waals surface area contributed by atoms with Crippen LogP contribution in [0.5, 0.6) is 0 Å². The Labute approximate surface area is 276 Å². The summed E-state index contributed by atoms with van der Waals surface area (Å²) in [7, 11) is 2.86. The molecule has 2 aliphatic rings. The SMILES string of the molecule is CC=CC=CC1OC(O)(C(C)C(O)C(C)C2OC(=O)C(OC)=CC(C)=CC(C)C(O)C(C)CC(C)=CC=CC2OC)CC(O)C1C. The molecule has 0 amide bonds. The summed E-state index contributed by atoms with van der Waals surface area (Å²) < 4.78 is 23.4. The van der Waals surface area contributed by atoms with Crippen LogP contribution in [0.25, 0.3) is 0 Å². The maximum absolute atomic E-state index is 13.5. The molecule has 260 valence electrons. The molecule has 0 saturated carbocycles. The number of ether oxygens (including phenoxy) is 4. The summed E-state index contributed by atoms with van der Waals surface area (Å²) in [5.74, 6) is -4.77. The highest BCUT2D eigenvalue weighted by atomic mass is 16.6. The van der Waals surface area contributed by atoms with E-state index in [1.54, 1.807) is 38.2 Å². The minimum atomic E-state index is -1.86. The lowest BCUT2D eigenvalue weighted by atomic mass is 9.77. The summed E-state index contributed by atoms with van der Waals surface area (Å²) in [6.45, 7) is 14.9. The van der Waals surface area contributed by atoms with Gasteiger partial charge in [-0.1, -0.05) is 94.4 Å². The van der Waals surface area contributed by atoms with E-state index in [-0.39, 0.29) is 29.9 Å². The highest BCUT2D eigenvalue weighted by Crippen LogP contribution is 2.40. The zero-order chi connectivity index (χ0) is 34.8. The largest absolute Gasteiger partial charge is 0.490 e. The van der Waals surface area contributed by atoms with Crippen LogP contribution in [0, 0.1) is 29.6 Å². The van der Waals surface area contributed by atoms with Crippen molar-refractivity contribution < 1.29 is 44.2 Å². The van der Waals surface area contributed by atoms with Crippen molar-refractivity contribution in [1.82, 2.24) is 0 Å². The Morgan fingerprint density at radius 2 is 1.78 bits per heavy atom. The predicted molar refractivity (Wildman–Crippen MR) is 179 cm³/mol. The van der Waals surface area contributed by atoms with E-state index in [2.05, 4.69) is 0 Å². The van der Waals surface area contributed by atoms with Crippen LogP contribution in [-0.2, 0) is 23.7 Å². The molecule has 0 spiro atoms. The lowest BCUT2D eigenvalue weighted by Crippen LogP contribution is -2.58. The van der Waals surface area contributed by atoms with Gasteiger partial charge in [-0.3, -0.25) is 0 Å². The lowest BCUT2D eigenvalue weighted by molar-refractivity contribution is -0.313. The van der Waals surface area contributed by atoms with E-state index >= 15 is 0 Å². The van der Waals surface area contributed by atoms with Gasteiger partial charge in [-0.25, -0.2) is 4.79 Å². The zero-order valence-corrected chi connectivity index (χ0v) is 29.3. The molecule has 46 heavy (non-hydrogen) atoms. The zero-order valence-electron chi connectivity index (χ0n) is 29.3. The first kappa shape index (κ1) is 39.6. The van der Waals surface area contributed by atoms with Gasteiger partial charge in [0, 0.05) is 37.2 Å². The minimum Gasteiger partial charge on any atom is -0.490 e. The van der Waals surface area contributed by atoms with Crippen molar-refractivity contribution in [3.63, 3.8) is 0 Å². The van der Waals surface area contributed by atoms with Crippen molar-refractivity contribution in [3.05, 3.63) is 71.6 Å².